The van der Waals surface area contributed by atoms with Gasteiger partial charge in [0.1, 0.15) is 12.4 Å². The molecule has 2 heterocycles. The molecule has 0 radical (unpaired) electrons. The van der Waals surface area contributed by atoms with Crippen LogP contribution >= 0.6 is 0 Å². The standard InChI is InChI=1S/C21H25N5O3/c1-28-17-8-6-16(7-9-17)21-24-23-18-10-11-20(25-26(18)21)29-13-12-22-19(27)14-15-4-2-3-5-15/h6-11,15H,2-5,12-14H2,1H3,(H,22,27). The molecule has 0 aliphatic heterocycles. The number of carbonyl (C=O) groups is 1. The lowest BCUT2D eigenvalue weighted by atomic mass is 10.0. The van der Waals surface area contributed by atoms with Gasteiger partial charge in [0, 0.05) is 18.1 Å². The van der Waals surface area contributed by atoms with Gasteiger partial charge in [-0.3, -0.25) is 4.79 Å². The number of nitrogens with one attached hydrogen (secondary N) is 1. The van der Waals surface area contributed by atoms with Gasteiger partial charge >= 0.3 is 0 Å². The maximum Gasteiger partial charge on any atom is 0.231 e. The van der Waals surface area contributed by atoms with Crippen molar-refractivity contribution in [2.45, 2.75) is 32.1 Å². The van der Waals surface area contributed by atoms with E-state index in [4.69, 9.17) is 9.47 Å². The minimum absolute atomic E-state index is 0.101. The summed E-state index contributed by atoms with van der Waals surface area (Å²) in [6, 6.07) is 11.1. The van der Waals surface area contributed by atoms with Crippen LogP contribution in [0.25, 0.3) is 17.0 Å². The fourth-order valence-corrected chi connectivity index (χ4v) is 3.66. The van der Waals surface area contributed by atoms with Crippen LogP contribution in [-0.2, 0) is 4.79 Å². The van der Waals surface area contributed by atoms with E-state index in [-0.39, 0.29) is 5.91 Å². The zero-order chi connectivity index (χ0) is 20.1. The molecule has 0 atom stereocenters. The first kappa shape index (κ1) is 19.2. The first-order chi connectivity index (χ1) is 14.2. The molecule has 1 fully saturated rings. The van der Waals surface area contributed by atoms with Gasteiger partial charge in [-0.2, -0.15) is 4.52 Å². The molecular weight excluding hydrogens is 370 g/mol. The molecular formula is C21H25N5O3. The number of rotatable bonds is 8. The lowest BCUT2D eigenvalue weighted by molar-refractivity contribution is -0.122. The Bertz CT molecular complexity index is 964. The van der Waals surface area contributed by atoms with Gasteiger partial charge in [0.25, 0.3) is 0 Å². The number of benzene rings is 1. The Morgan fingerprint density at radius 3 is 2.69 bits per heavy atom. The average Bonchev–Trinajstić information content (AvgIpc) is 3.41. The van der Waals surface area contributed by atoms with E-state index in [0.717, 1.165) is 11.3 Å². The fraction of sp³-hybridized carbons (Fsp3) is 0.429. The normalized spacial score (nSPS) is 14.2. The molecule has 1 N–H and O–H groups in total. The van der Waals surface area contributed by atoms with Crippen molar-refractivity contribution in [3.63, 3.8) is 0 Å². The van der Waals surface area contributed by atoms with Crippen LogP contribution in [0, 0.1) is 5.92 Å². The number of hydrogen-bond donors (Lipinski definition) is 1. The summed E-state index contributed by atoms with van der Waals surface area (Å²) in [7, 11) is 1.63. The predicted octanol–water partition coefficient (Wildman–Crippen LogP) is 2.88. The van der Waals surface area contributed by atoms with E-state index in [1.165, 1.54) is 25.7 Å². The second kappa shape index (κ2) is 8.89. The molecule has 4 rings (SSSR count). The van der Waals surface area contributed by atoms with Crippen molar-refractivity contribution in [1.82, 2.24) is 25.1 Å². The van der Waals surface area contributed by atoms with Crippen LogP contribution in [0.5, 0.6) is 11.6 Å². The molecule has 3 aromatic rings. The number of methoxy groups -OCH3 is 1. The Morgan fingerprint density at radius 1 is 1.14 bits per heavy atom. The SMILES string of the molecule is COc1ccc(-c2nnc3ccc(OCCNC(=O)CC4CCCC4)nn23)cc1. The third-order valence-electron chi connectivity index (χ3n) is 5.21. The smallest absolute Gasteiger partial charge is 0.231 e. The number of amides is 1. The molecule has 1 aliphatic rings. The zero-order valence-corrected chi connectivity index (χ0v) is 16.5. The minimum atomic E-state index is 0.101. The fourth-order valence-electron chi connectivity index (χ4n) is 3.66. The zero-order valence-electron chi connectivity index (χ0n) is 16.5. The Labute approximate surface area is 169 Å². The number of nitrogens with zero attached hydrogens (tertiary/aromatic N) is 4. The molecule has 29 heavy (non-hydrogen) atoms. The molecule has 0 unspecified atom stereocenters. The molecule has 2 aromatic heterocycles. The van der Waals surface area contributed by atoms with Gasteiger partial charge in [-0.25, -0.2) is 0 Å². The van der Waals surface area contributed by atoms with Crippen LogP contribution in [-0.4, -0.2) is 46.0 Å². The van der Waals surface area contributed by atoms with Crippen molar-refractivity contribution < 1.29 is 14.3 Å². The molecule has 1 aliphatic carbocycles. The first-order valence-electron chi connectivity index (χ1n) is 9.99. The van der Waals surface area contributed by atoms with Crippen LogP contribution < -0.4 is 14.8 Å². The van der Waals surface area contributed by atoms with Crippen LogP contribution in [0.1, 0.15) is 32.1 Å². The van der Waals surface area contributed by atoms with Gasteiger partial charge < -0.3 is 14.8 Å². The van der Waals surface area contributed by atoms with Crippen LogP contribution in [0.15, 0.2) is 36.4 Å². The van der Waals surface area contributed by atoms with E-state index in [0.29, 0.717) is 42.8 Å². The summed E-state index contributed by atoms with van der Waals surface area (Å²) in [5, 5.41) is 15.8. The molecule has 0 bridgehead atoms. The van der Waals surface area contributed by atoms with Gasteiger partial charge in [-0.05, 0) is 49.1 Å². The average molecular weight is 395 g/mol. The summed E-state index contributed by atoms with van der Waals surface area (Å²) < 4.78 is 12.6. The van der Waals surface area contributed by atoms with E-state index in [9.17, 15) is 4.79 Å². The highest BCUT2D eigenvalue weighted by Gasteiger charge is 2.18. The third kappa shape index (κ3) is 4.64. The Balaban J connectivity index is 1.35. The van der Waals surface area contributed by atoms with Crippen molar-refractivity contribution in [2.24, 2.45) is 5.92 Å². The summed E-state index contributed by atoms with van der Waals surface area (Å²) in [6.07, 6.45) is 5.45. The van der Waals surface area contributed by atoms with Crippen molar-refractivity contribution in [3.8, 4) is 23.0 Å². The van der Waals surface area contributed by atoms with Crippen LogP contribution in [0.3, 0.4) is 0 Å². The molecule has 8 heteroatoms. The molecule has 0 saturated heterocycles. The van der Waals surface area contributed by atoms with E-state index in [2.05, 4.69) is 20.6 Å². The predicted molar refractivity (Wildman–Crippen MR) is 108 cm³/mol. The summed E-state index contributed by atoms with van der Waals surface area (Å²) in [6.45, 7) is 0.813. The second-order valence-corrected chi connectivity index (χ2v) is 7.25. The maximum atomic E-state index is 12.0. The Morgan fingerprint density at radius 2 is 1.93 bits per heavy atom. The second-order valence-electron chi connectivity index (χ2n) is 7.25. The number of hydrogen-bond acceptors (Lipinski definition) is 6. The topological polar surface area (TPSA) is 90.6 Å². The monoisotopic (exact) mass is 395 g/mol. The van der Waals surface area contributed by atoms with Crippen molar-refractivity contribution in [1.29, 1.82) is 0 Å². The van der Waals surface area contributed by atoms with Gasteiger partial charge in [0.05, 0.1) is 13.7 Å². The lowest BCUT2D eigenvalue weighted by Gasteiger charge is -2.10. The summed E-state index contributed by atoms with van der Waals surface area (Å²) in [5.74, 6) is 2.50. The van der Waals surface area contributed by atoms with Crippen molar-refractivity contribution >= 4 is 11.6 Å². The molecule has 8 nitrogen and oxygen atoms in total. The van der Waals surface area contributed by atoms with Crippen molar-refractivity contribution in [2.75, 3.05) is 20.3 Å². The highest BCUT2D eigenvalue weighted by molar-refractivity contribution is 5.76. The highest BCUT2D eigenvalue weighted by Crippen LogP contribution is 2.27. The van der Waals surface area contributed by atoms with Gasteiger partial charge in [0.15, 0.2) is 11.5 Å². The van der Waals surface area contributed by atoms with E-state index in [1.807, 2.05) is 24.3 Å². The summed E-state index contributed by atoms with van der Waals surface area (Å²) in [5.41, 5.74) is 1.51. The highest BCUT2D eigenvalue weighted by atomic mass is 16.5. The summed E-state index contributed by atoms with van der Waals surface area (Å²) in [4.78, 5) is 12.0. The lowest BCUT2D eigenvalue weighted by Crippen LogP contribution is -2.29. The first-order valence-corrected chi connectivity index (χ1v) is 9.99. The van der Waals surface area contributed by atoms with Crippen LogP contribution in [0.2, 0.25) is 0 Å². The van der Waals surface area contributed by atoms with Gasteiger partial charge in [-0.1, -0.05) is 12.8 Å². The van der Waals surface area contributed by atoms with Gasteiger partial charge in [0.2, 0.25) is 11.8 Å². The number of fused-ring (bicyclic) bond motifs is 1. The van der Waals surface area contributed by atoms with Crippen LogP contribution in [0.4, 0.5) is 0 Å². The molecule has 1 aromatic carbocycles. The minimum Gasteiger partial charge on any atom is -0.497 e. The number of aromatic nitrogens is 4. The summed E-state index contributed by atoms with van der Waals surface area (Å²) >= 11 is 0. The van der Waals surface area contributed by atoms with E-state index < -0.39 is 0 Å². The maximum absolute atomic E-state index is 12.0. The Hall–Kier alpha value is -3.16. The third-order valence-corrected chi connectivity index (χ3v) is 5.21. The molecule has 1 amide bonds. The van der Waals surface area contributed by atoms with Gasteiger partial charge in [-0.15, -0.1) is 15.3 Å². The number of carbonyl (C=O) groups excluding carboxylic acids is 1. The molecule has 0 spiro atoms. The molecule has 152 valence electrons. The van der Waals surface area contributed by atoms with Crippen molar-refractivity contribution in [3.05, 3.63) is 36.4 Å². The van der Waals surface area contributed by atoms with E-state index in [1.54, 1.807) is 23.8 Å². The largest absolute Gasteiger partial charge is 0.497 e. The Kier molecular flexibility index (Phi) is 5.88. The molecule has 1 saturated carbocycles. The quantitative estimate of drug-likeness (QED) is 0.590. The van der Waals surface area contributed by atoms with E-state index >= 15 is 0 Å². The number of ether oxygens (including phenoxy) is 2.